The summed E-state index contributed by atoms with van der Waals surface area (Å²) in [5, 5.41) is 1.00. The van der Waals surface area contributed by atoms with E-state index in [0.29, 0.717) is 29.1 Å². The number of ether oxygens (including phenoxy) is 1. The van der Waals surface area contributed by atoms with E-state index in [0.717, 1.165) is 16.6 Å². The molecule has 2 N–H and O–H groups in total. The number of hydrogen-bond donors (Lipinski definition) is 1. The number of anilines is 1. The molecule has 25 heavy (non-hydrogen) atoms. The lowest BCUT2D eigenvalue weighted by atomic mass is 10.2. The van der Waals surface area contributed by atoms with E-state index in [1.807, 2.05) is 41.0 Å². The fourth-order valence-corrected chi connectivity index (χ4v) is 3.12. The van der Waals surface area contributed by atoms with Crippen LogP contribution in [0, 0.1) is 0 Å². The first-order valence-corrected chi connectivity index (χ1v) is 8.63. The third-order valence-electron chi connectivity index (χ3n) is 3.93. The number of fused-ring (bicyclic) bond motifs is 1. The molecule has 3 rings (SSSR count). The molecule has 0 atom stereocenters. The summed E-state index contributed by atoms with van der Waals surface area (Å²) in [4.78, 5) is 11.9. The van der Waals surface area contributed by atoms with Gasteiger partial charge in [0.05, 0.1) is 23.2 Å². The fourth-order valence-electron chi connectivity index (χ4n) is 2.80. The highest BCUT2D eigenvalue weighted by atomic mass is 35.5. The number of carbonyl (C=O) groups is 1. The highest BCUT2D eigenvalue weighted by molar-refractivity contribution is 6.42. The van der Waals surface area contributed by atoms with Crippen molar-refractivity contribution in [3.05, 3.63) is 58.1 Å². The number of para-hydroxylation sites is 2. The summed E-state index contributed by atoms with van der Waals surface area (Å²) in [5.41, 5.74) is 9.09. The van der Waals surface area contributed by atoms with E-state index in [2.05, 4.69) is 0 Å². The molecule has 0 saturated carbocycles. The van der Waals surface area contributed by atoms with Crippen LogP contribution < -0.4 is 10.3 Å². The maximum Gasteiger partial charge on any atom is 0.356 e. The van der Waals surface area contributed by atoms with Crippen LogP contribution in [0.3, 0.4) is 0 Å². The minimum atomic E-state index is -0.323. The molecule has 7 heteroatoms. The lowest BCUT2D eigenvalue weighted by Gasteiger charge is -2.04. The van der Waals surface area contributed by atoms with Crippen molar-refractivity contribution in [3.8, 4) is 0 Å². The standard InChI is InChI=1S/C18H17Cl2N3O2/c1-2-25-17(24)11-23-16-6-4-3-5-15(16)22(18(23)21)10-12-7-8-13(19)14(20)9-12/h3-9,21H,2,10-11H2,1H3/p+1. The van der Waals surface area contributed by atoms with Crippen LogP contribution in [0.1, 0.15) is 12.5 Å². The highest BCUT2D eigenvalue weighted by Gasteiger charge is 2.23. The van der Waals surface area contributed by atoms with Crippen molar-refractivity contribution in [2.45, 2.75) is 20.0 Å². The number of benzene rings is 2. The van der Waals surface area contributed by atoms with Gasteiger partial charge in [0, 0.05) is 0 Å². The van der Waals surface area contributed by atoms with Gasteiger partial charge in [0.25, 0.3) is 0 Å². The molecule has 0 spiro atoms. The van der Waals surface area contributed by atoms with Crippen LogP contribution >= 0.6 is 23.2 Å². The molecule has 0 bridgehead atoms. The number of carbonyl (C=O) groups excluding carboxylic acids is 1. The van der Waals surface area contributed by atoms with Crippen molar-refractivity contribution in [1.82, 2.24) is 4.57 Å². The van der Waals surface area contributed by atoms with E-state index < -0.39 is 0 Å². The molecule has 130 valence electrons. The van der Waals surface area contributed by atoms with Gasteiger partial charge < -0.3 is 4.74 Å². The van der Waals surface area contributed by atoms with Gasteiger partial charge in [-0.05, 0) is 36.8 Å². The van der Waals surface area contributed by atoms with Crippen LogP contribution in [0.25, 0.3) is 11.0 Å². The number of rotatable bonds is 5. The van der Waals surface area contributed by atoms with Crippen molar-refractivity contribution in [2.24, 2.45) is 0 Å². The van der Waals surface area contributed by atoms with Crippen LogP contribution in [0.2, 0.25) is 10.0 Å². The second-order valence-corrected chi connectivity index (χ2v) is 6.39. The molecule has 0 aliphatic carbocycles. The first-order valence-electron chi connectivity index (χ1n) is 7.87. The van der Waals surface area contributed by atoms with Gasteiger partial charge in [-0.1, -0.05) is 41.4 Å². The smallest absolute Gasteiger partial charge is 0.356 e. The van der Waals surface area contributed by atoms with Gasteiger partial charge in [-0.3, -0.25) is 5.73 Å². The Kier molecular flexibility index (Phi) is 5.16. The SMILES string of the molecule is CCOC(=O)Cn1c(N)[n+](Cc2ccc(Cl)c(Cl)c2)c2ccccc21. The Hall–Kier alpha value is -2.24. The van der Waals surface area contributed by atoms with Crippen LogP contribution in [-0.4, -0.2) is 17.1 Å². The topological polar surface area (TPSA) is 61.1 Å². The monoisotopic (exact) mass is 378 g/mol. The predicted molar refractivity (Wildman–Crippen MR) is 98.7 cm³/mol. The van der Waals surface area contributed by atoms with Crippen LogP contribution in [0.15, 0.2) is 42.5 Å². The fraction of sp³-hybridized carbons (Fsp3) is 0.222. The minimum Gasteiger partial charge on any atom is -0.464 e. The maximum absolute atomic E-state index is 11.9. The van der Waals surface area contributed by atoms with E-state index in [1.54, 1.807) is 17.6 Å². The molecule has 0 aliphatic rings. The van der Waals surface area contributed by atoms with Crippen LogP contribution in [0.4, 0.5) is 5.95 Å². The molecule has 0 unspecified atom stereocenters. The van der Waals surface area contributed by atoms with Crippen molar-refractivity contribution >= 4 is 46.2 Å². The molecule has 0 saturated heterocycles. The van der Waals surface area contributed by atoms with Gasteiger partial charge in [-0.25, -0.2) is 13.9 Å². The molecule has 0 aliphatic heterocycles. The zero-order valence-electron chi connectivity index (χ0n) is 13.7. The molecule has 0 radical (unpaired) electrons. The van der Waals surface area contributed by atoms with Gasteiger partial charge in [0.1, 0.15) is 11.0 Å². The molecule has 1 heterocycles. The zero-order valence-corrected chi connectivity index (χ0v) is 15.2. The summed E-state index contributed by atoms with van der Waals surface area (Å²) < 4.78 is 8.74. The summed E-state index contributed by atoms with van der Waals surface area (Å²) in [5.74, 6) is 0.150. The Morgan fingerprint density at radius 2 is 1.96 bits per heavy atom. The molecule has 2 aromatic carbocycles. The maximum atomic E-state index is 11.9. The van der Waals surface area contributed by atoms with Gasteiger partial charge in [0.2, 0.25) is 0 Å². The number of nitrogen functional groups attached to an aromatic ring is 1. The number of hydrogen-bond acceptors (Lipinski definition) is 3. The van der Waals surface area contributed by atoms with Crippen molar-refractivity contribution in [2.75, 3.05) is 12.3 Å². The lowest BCUT2D eigenvalue weighted by molar-refractivity contribution is -0.648. The average Bonchev–Trinajstić information content (AvgIpc) is 2.84. The van der Waals surface area contributed by atoms with Gasteiger partial charge >= 0.3 is 11.9 Å². The second-order valence-electron chi connectivity index (χ2n) is 5.57. The van der Waals surface area contributed by atoms with Crippen molar-refractivity contribution in [1.29, 1.82) is 0 Å². The first-order chi connectivity index (χ1) is 12.0. The summed E-state index contributed by atoms with van der Waals surface area (Å²) in [7, 11) is 0. The summed E-state index contributed by atoms with van der Waals surface area (Å²) >= 11 is 12.1. The van der Waals surface area contributed by atoms with Gasteiger partial charge in [0.15, 0.2) is 6.54 Å². The van der Waals surface area contributed by atoms with Crippen LogP contribution in [-0.2, 0) is 22.6 Å². The number of esters is 1. The molecule has 0 fully saturated rings. The normalized spacial score (nSPS) is 11.0. The number of aromatic nitrogens is 2. The third-order valence-corrected chi connectivity index (χ3v) is 4.67. The number of nitrogens with zero attached hydrogens (tertiary/aromatic N) is 2. The Morgan fingerprint density at radius 1 is 1.20 bits per heavy atom. The largest absolute Gasteiger partial charge is 0.464 e. The molecule has 0 amide bonds. The Morgan fingerprint density at radius 3 is 2.68 bits per heavy atom. The second kappa shape index (κ2) is 7.33. The quantitative estimate of drug-likeness (QED) is 0.546. The van der Waals surface area contributed by atoms with Gasteiger partial charge in [-0.15, -0.1) is 0 Å². The molecular formula is C18H18Cl2N3O2+. The Bertz CT molecular complexity index is 937. The predicted octanol–water partition coefficient (Wildman–Crippen LogP) is 3.43. The third kappa shape index (κ3) is 3.57. The molecule has 5 nitrogen and oxygen atoms in total. The number of nitrogens with two attached hydrogens (primary N) is 1. The first kappa shape index (κ1) is 17.6. The van der Waals surface area contributed by atoms with E-state index in [4.69, 9.17) is 33.7 Å². The van der Waals surface area contributed by atoms with Crippen molar-refractivity contribution < 1.29 is 14.1 Å². The van der Waals surface area contributed by atoms with E-state index in [-0.39, 0.29) is 12.5 Å². The summed E-state index contributed by atoms with van der Waals surface area (Å²) in [6, 6.07) is 13.2. The summed E-state index contributed by atoms with van der Waals surface area (Å²) in [6.45, 7) is 2.69. The van der Waals surface area contributed by atoms with Gasteiger partial charge in [-0.2, -0.15) is 0 Å². The molecular weight excluding hydrogens is 361 g/mol. The van der Waals surface area contributed by atoms with Crippen molar-refractivity contribution in [3.63, 3.8) is 0 Å². The van der Waals surface area contributed by atoms with E-state index in [9.17, 15) is 4.79 Å². The Labute approximate surface area is 155 Å². The minimum absolute atomic E-state index is 0.0640. The Balaban J connectivity index is 2.04. The summed E-state index contributed by atoms with van der Waals surface area (Å²) in [6.07, 6.45) is 0. The number of imidazole rings is 1. The number of halogens is 2. The zero-order chi connectivity index (χ0) is 18.0. The average molecular weight is 379 g/mol. The van der Waals surface area contributed by atoms with E-state index >= 15 is 0 Å². The highest BCUT2D eigenvalue weighted by Crippen LogP contribution is 2.23. The molecule has 3 aromatic rings. The molecule has 1 aromatic heterocycles. The lowest BCUT2D eigenvalue weighted by Crippen LogP contribution is -2.37. The van der Waals surface area contributed by atoms with Crippen LogP contribution in [0.5, 0.6) is 0 Å². The van der Waals surface area contributed by atoms with E-state index in [1.165, 1.54) is 0 Å².